The van der Waals surface area contributed by atoms with Crippen molar-refractivity contribution in [2.24, 2.45) is 5.92 Å². The molecule has 3 heterocycles. The van der Waals surface area contributed by atoms with Crippen molar-refractivity contribution in [1.82, 2.24) is 24.5 Å². The summed E-state index contributed by atoms with van der Waals surface area (Å²) in [6, 6.07) is 17.8. The van der Waals surface area contributed by atoms with Crippen molar-refractivity contribution in [2.75, 3.05) is 6.61 Å². The normalized spacial score (nSPS) is 17.1. The van der Waals surface area contributed by atoms with Crippen molar-refractivity contribution in [3.05, 3.63) is 95.1 Å². The molecule has 0 saturated heterocycles. The van der Waals surface area contributed by atoms with E-state index in [1.807, 2.05) is 36.7 Å². The van der Waals surface area contributed by atoms with E-state index >= 15 is 8.78 Å². The van der Waals surface area contributed by atoms with Crippen LogP contribution in [0.5, 0.6) is 0 Å². The van der Waals surface area contributed by atoms with Gasteiger partial charge in [-0.15, -0.1) is 0 Å². The van der Waals surface area contributed by atoms with E-state index in [1.165, 1.54) is 16.8 Å². The number of alkyl halides is 2. The second-order valence-corrected chi connectivity index (χ2v) is 12.7. The van der Waals surface area contributed by atoms with Crippen LogP contribution in [0.25, 0.3) is 27.8 Å². The first-order valence-corrected chi connectivity index (χ1v) is 16.2. The Bertz CT molecular complexity index is 1850. The van der Waals surface area contributed by atoms with E-state index < -0.39 is 12.5 Å². The third kappa shape index (κ3) is 6.07. The molecular weight excluding hydrogens is 584 g/mol. The van der Waals surface area contributed by atoms with Crippen LogP contribution in [0.1, 0.15) is 86.5 Å². The van der Waals surface area contributed by atoms with Crippen molar-refractivity contribution in [2.45, 2.75) is 84.6 Å². The van der Waals surface area contributed by atoms with Gasteiger partial charge >= 0.3 is 5.97 Å². The Morgan fingerprint density at radius 1 is 0.978 bits per heavy atom. The molecule has 1 fully saturated rings. The number of carbonyl (C=O) groups is 1. The number of ether oxygens (including phenoxy) is 1. The van der Waals surface area contributed by atoms with Crippen molar-refractivity contribution in [3.63, 3.8) is 0 Å². The number of halogens is 2. The van der Waals surface area contributed by atoms with Gasteiger partial charge < -0.3 is 4.74 Å². The predicted molar refractivity (Wildman–Crippen MR) is 175 cm³/mol. The Morgan fingerprint density at radius 3 is 2.39 bits per heavy atom. The molecule has 5 aromatic rings. The number of pyridine rings is 1. The van der Waals surface area contributed by atoms with E-state index in [0.29, 0.717) is 18.0 Å². The van der Waals surface area contributed by atoms with Crippen LogP contribution < -0.4 is 0 Å². The quantitative estimate of drug-likeness (QED) is 0.153. The van der Waals surface area contributed by atoms with E-state index in [9.17, 15) is 4.79 Å². The van der Waals surface area contributed by atoms with E-state index in [2.05, 4.69) is 38.0 Å². The number of hydrogen-bond donors (Lipinski definition) is 0. The molecule has 3 aromatic heterocycles. The minimum Gasteiger partial charge on any atom is -0.466 e. The molecule has 0 bridgehead atoms. The summed E-state index contributed by atoms with van der Waals surface area (Å²) in [4.78, 5) is 17.2. The third-order valence-corrected chi connectivity index (χ3v) is 9.22. The highest BCUT2D eigenvalue weighted by Crippen LogP contribution is 2.39. The summed E-state index contributed by atoms with van der Waals surface area (Å²) in [6.07, 6.45) is 5.16. The summed E-state index contributed by atoms with van der Waals surface area (Å²) in [7, 11) is 0. The predicted octanol–water partition coefficient (Wildman–Crippen LogP) is 8.65. The van der Waals surface area contributed by atoms with Crippen LogP contribution in [0.2, 0.25) is 0 Å². The van der Waals surface area contributed by atoms with Crippen LogP contribution in [0.4, 0.5) is 8.78 Å². The number of benzene rings is 2. The molecule has 0 spiro atoms. The molecule has 240 valence electrons. The number of nitrogens with zero attached hydrogens (tertiary/aromatic N) is 5. The van der Waals surface area contributed by atoms with E-state index in [1.54, 1.807) is 24.4 Å². The molecule has 0 atom stereocenters. The molecule has 2 aromatic carbocycles. The summed E-state index contributed by atoms with van der Waals surface area (Å²) >= 11 is 0. The first kappa shape index (κ1) is 31.6. The number of esters is 1. The van der Waals surface area contributed by atoms with Crippen LogP contribution in [0.3, 0.4) is 0 Å². The van der Waals surface area contributed by atoms with Crippen molar-refractivity contribution >= 4 is 16.9 Å². The fourth-order valence-electron chi connectivity index (χ4n) is 6.90. The van der Waals surface area contributed by atoms with Gasteiger partial charge in [-0.1, -0.05) is 56.3 Å². The fourth-order valence-corrected chi connectivity index (χ4v) is 6.90. The lowest BCUT2D eigenvalue weighted by Crippen LogP contribution is -2.23. The second kappa shape index (κ2) is 12.8. The number of carbonyl (C=O) groups excluding carboxylic acids is 1. The minimum absolute atomic E-state index is 0.0203. The molecule has 7 nitrogen and oxygen atoms in total. The fraction of sp³-hybridized carbons (Fsp3) is 0.405. The summed E-state index contributed by atoms with van der Waals surface area (Å²) < 4.78 is 38.9. The van der Waals surface area contributed by atoms with Gasteiger partial charge in [0.05, 0.1) is 35.1 Å². The Hall–Kier alpha value is -4.40. The molecule has 0 radical (unpaired) electrons. The smallest absolute Gasteiger partial charge is 0.308 e. The maximum Gasteiger partial charge on any atom is 0.308 e. The summed E-state index contributed by atoms with van der Waals surface area (Å²) in [5.74, 6) is -2.70. The van der Waals surface area contributed by atoms with Crippen LogP contribution in [-0.4, -0.2) is 37.1 Å². The zero-order valence-corrected chi connectivity index (χ0v) is 27.1. The van der Waals surface area contributed by atoms with Gasteiger partial charge in [0.2, 0.25) is 0 Å². The largest absolute Gasteiger partial charge is 0.466 e. The Kier molecular flexibility index (Phi) is 8.77. The zero-order chi connectivity index (χ0) is 32.6. The summed E-state index contributed by atoms with van der Waals surface area (Å²) in [5, 5.41) is 10.5. The Balaban J connectivity index is 1.31. The number of rotatable bonds is 9. The zero-order valence-electron chi connectivity index (χ0n) is 27.1. The maximum atomic E-state index is 15.2. The van der Waals surface area contributed by atoms with Crippen molar-refractivity contribution in [1.29, 1.82) is 0 Å². The van der Waals surface area contributed by atoms with Crippen LogP contribution in [0.15, 0.2) is 66.9 Å². The first-order valence-electron chi connectivity index (χ1n) is 16.2. The van der Waals surface area contributed by atoms with Gasteiger partial charge in [-0.05, 0) is 70.6 Å². The van der Waals surface area contributed by atoms with Gasteiger partial charge in [0, 0.05) is 45.6 Å². The summed E-state index contributed by atoms with van der Waals surface area (Å²) in [6.45, 7) is 10.1. The van der Waals surface area contributed by atoms with Crippen LogP contribution >= 0.6 is 0 Å². The minimum atomic E-state index is -3.07. The van der Waals surface area contributed by atoms with Gasteiger partial charge in [-0.3, -0.25) is 14.5 Å². The van der Waals surface area contributed by atoms with Gasteiger partial charge in [-0.2, -0.15) is 19.0 Å². The average Bonchev–Trinajstić information content (AvgIpc) is 3.61. The summed E-state index contributed by atoms with van der Waals surface area (Å²) in [5.41, 5.74) is 7.21. The number of hydrogen-bond acceptors (Lipinski definition) is 5. The van der Waals surface area contributed by atoms with Crippen molar-refractivity contribution < 1.29 is 18.3 Å². The maximum absolute atomic E-state index is 15.2. The second-order valence-electron chi connectivity index (χ2n) is 12.7. The van der Waals surface area contributed by atoms with Crippen molar-refractivity contribution in [3.8, 4) is 16.9 Å². The number of fused-ring (bicyclic) bond motifs is 1. The lowest BCUT2D eigenvalue weighted by atomic mass is 9.80. The first-order chi connectivity index (χ1) is 22.1. The van der Waals surface area contributed by atoms with E-state index in [0.717, 1.165) is 70.7 Å². The van der Waals surface area contributed by atoms with E-state index in [-0.39, 0.29) is 23.4 Å². The van der Waals surface area contributed by atoms with Gasteiger partial charge in [0.15, 0.2) is 0 Å². The molecule has 0 aliphatic heterocycles. The molecule has 0 N–H and O–H groups in total. The molecule has 9 heteroatoms. The molecule has 6 rings (SSSR count). The highest BCUT2D eigenvalue weighted by molar-refractivity contribution is 5.94. The average molecular weight is 626 g/mol. The third-order valence-electron chi connectivity index (χ3n) is 9.22. The van der Waals surface area contributed by atoms with Crippen LogP contribution in [0, 0.1) is 19.8 Å². The van der Waals surface area contributed by atoms with Gasteiger partial charge in [-0.25, -0.2) is 4.68 Å². The number of aryl methyl sites for hydroxylation is 1. The Morgan fingerprint density at radius 2 is 1.72 bits per heavy atom. The Labute approximate surface area is 268 Å². The molecule has 0 unspecified atom stereocenters. The van der Waals surface area contributed by atoms with E-state index in [4.69, 9.17) is 14.8 Å². The van der Waals surface area contributed by atoms with Gasteiger partial charge in [0.25, 0.3) is 5.92 Å². The SMILES string of the molecule is CCOC(=O)C1CCC(c2ccc(-n3nc(-c4cccc5nn(CC(F)(F)c6ccccc6)cc45)c(C(C)C)c3C)c(C)n2)CC1. The highest BCUT2D eigenvalue weighted by atomic mass is 19.3. The number of aromatic nitrogens is 5. The molecular formula is C37H41F2N5O2. The monoisotopic (exact) mass is 625 g/mol. The topological polar surface area (TPSA) is 74.8 Å². The highest BCUT2D eigenvalue weighted by Gasteiger charge is 2.33. The lowest BCUT2D eigenvalue weighted by Gasteiger charge is -2.27. The van der Waals surface area contributed by atoms with Gasteiger partial charge in [0.1, 0.15) is 6.54 Å². The molecule has 0 amide bonds. The lowest BCUT2D eigenvalue weighted by molar-refractivity contribution is -0.149. The standard InChI is InChI=1S/C37H41F2N5O2/c1-6-46-36(45)27-17-15-26(16-18-27)31-19-20-33(24(4)40-31)44-25(5)34(23(2)3)35(42-44)29-13-10-14-32-30(29)21-43(41-32)22-37(38,39)28-11-8-7-9-12-28/h7-14,19-21,23,26-27H,6,15-18,22H2,1-5H3. The molecule has 1 aliphatic carbocycles. The molecule has 1 saturated carbocycles. The molecule has 1 aliphatic rings. The molecule has 46 heavy (non-hydrogen) atoms. The van der Waals surface area contributed by atoms with Crippen LogP contribution in [-0.2, 0) is 22.0 Å².